The summed E-state index contributed by atoms with van der Waals surface area (Å²) in [5.41, 5.74) is -5.42. The van der Waals surface area contributed by atoms with Gasteiger partial charge in [-0.3, -0.25) is 28.8 Å². The van der Waals surface area contributed by atoms with E-state index in [1.54, 1.807) is 62.3 Å². The van der Waals surface area contributed by atoms with Gasteiger partial charge in [0, 0.05) is 31.1 Å². The Kier molecular flexibility index (Phi) is 48.8. The summed E-state index contributed by atoms with van der Waals surface area (Å²) >= 11 is 0. The second kappa shape index (κ2) is 41.2. The molecule has 0 aromatic carbocycles. The highest BCUT2D eigenvalue weighted by molar-refractivity contribution is 5.87. The molecule has 5 heterocycles. The molecule has 5 saturated heterocycles. The average molecular weight is 1270 g/mol. The Bertz CT molecular complexity index is 2150. The summed E-state index contributed by atoms with van der Waals surface area (Å²) in [6.45, 7) is 41.2. The van der Waals surface area contributed by atoms with Gasteiger partial charge in [-0.1, -0.05) is 123 Å². The van der Waals surface area contributed by atoms with Gasteiger partial charge in [0.05, 0.1) is 46.7 Å². The van der Waals surface area contributed by atoms with Crippen LogP contribution in [0.1, 0.15) is 291 Å². The highest BCUT2D eigenvalue weighted by atomic mass is 16.6. The molecule has 0 aliphatic carbocycles. The summed E-state index contributed by atoms with van der Waals surface area (Å²) in [5, 5.41) is 0. The lowest BCUT2D eigenvalue weighted by molar-refractivity contribution is -0.182. The van der Waals surface area contributed by atoms with Crippen molar-refractivity contribution >= 4 is 59.7 Å². The van der Waals surface area contributed by atoms with Gasteiger partial charge in [0.2, 0.25) is 23.9 Å². The minimum Gasteiger partial charge on any atom is -0.465 e. The molecule has 0 radical (unpaired) electrons. The quantitative estimate of drug-likeness (QED) is 0.109. The van der Waals surface area contributed by atoms with Crippen molar-refractivity contribution in [3.8, 4) is 0 Å². The van der Waals surface area contributed by atoms with Gasteiger partial charge in [0.1, 0.15) is 23.9 Å². The van der Waals surface area contributed by atoms with Crippen molar-refractivity contribution in [1.29, 1.82) is 0 Å². The first kappa shape index (κ1) is 104. The number of cyclic esters (lactones) is 5. The third-order valence-corrected chi connectivity index (χ3v) is 15.2. The van der Waals surface area contributed by atoms with Crippen LogP contribution in [-0.4, -0.2) is 121 Å². The van der Waals surface area contributed by atoms with Crippen molar-refractivity contribution in [2.75, 3.05) is 19.8 Å². The van der Waals surface area contributed by atoms with E-state index in [-0.39, 0.29) is 123 Å². The normalized spacial score (nSPS) is 22.5. The molecule has 528 valence electrons. The summed E-state index contributed by atoms with van der Waals surface area (Å²) in [7, 11) is 0. The molecule has 5 aliphatic rings. The Balaban J connectivity index is -0.000000105. The Morgan fingerprint density at radius 1 is 0.477 bits per heavy atom. The Morgan fingerprint density at radius 3 is 1.17 bits per heavy atom. The summed E-state index contributed by atoms with van der Waals surface area (Å²) in [6, 6.07) is 0. The lowest BCUT2D eigenvalue weighted by Gasteiger charge is -2.35. The highest BCUT2D eigenvalue weighted by Crippen LogP contribution is 2.36. The van der Waals surface area contributed by atoms with E-state index in [4.69, 9.17) is 47.4 Å². The minimum atomic E-state index is -1.08. The zero-order valence-corrected chi connectivity index (χ0v) is 51.2. The molecule has 5 rings (SSSR count). The number of carbonyl (C=O) groups is 10. The van der Waals surface area contributed by atoms with Crippen LogP contribution >= 0.6 is 0 Å². The van der Waals surface area contributed by atoms with Gasteiger partial charge in [-0.15, -0.1) is 0 Å². The fraction of sp³-hybridized carbons (Fsp3) is 0.853. The van der Waals surface area contributed by atoms with Crippen LogP contribution < -0.4 is 0 Å². The zero-order valence-electron chi connectivity index (χ0n) is 51.2. The predicted molar refractivity (Wildman–Crippen MR) is 352 cm³/mol. The lowest BCUT2D eigenvalue weighted by Crippen LogP contribution is -2.43. The van der Waals surface area contributed by atoms with Gasteiger partial charge in [-0.2, -0.15) is 0 Å². The number of hydrogen-bond acceptors (Lipinski definition) is 20. The van der Waals surface area contributed by atoms with E-state index in [0.717, 1.165) is 0 Å². The molecule has 0 aromatic heterocycles. The van der Waals surface area contributed by atoms with Crippen molar-refractivity contribution in [3.63, 3.8) is 0 Å². The van der Waals surface area contributed by atoms with E-state index >= 15 is 0 Å². The summed E-state index contributed by atoms with van der Waals surface area (Å²) in [5.74, 6) is -3.64. The SMILES string of the molecule is C.C.C.C.C.C.C.C.C.C.CCC(C)(C)C(=O)OC1(C)CCOC(=O)C1.CCC(C)(C)C(=O)OC1(C)CCOC1=O.CCC(C)(C)C(=O)OC1C(=O)OCC1(C)C.CCC(C)(C)C(=O)OC1CC(C)(C)OC1=O.CCC(C)(C)C(=O)OC1CC(C)OC1=O. The van der Waals surface area contributed by atoms with Gasteiger partial charge < -0.3 is 47.4 Å². The number of ether oxygens (including phenoxy) is 10. The highest BCUT2D eigenvalue weighted by Gasteiger charge is 2.49. The van der Waals surface area contributed by atoms with Gasteiger partial charge in [-0.05, 0) is 136 Å². The van der Waals surface area contributed by atoms with Crippen LogP contribution in [0.5, 0.6) is 0 Å². The Morgan fingerprint density at radius 2 is 0.852 bits per heavy atom. The first-order valence-electron chi connectivity index (χ1n) is 27.4. The molecule has 5 aliphatic heterocycles. The maximum absolute atomic E-state index is 11.9. The maximum Gasteiger partial charge on any atom is 0.350 e. The number of esters is 10. The third-order valence-electron chi connectivity index (χ3n) is 15.2. The fourth-order valence-electron chi connectivity index (χ4n) is 6.62. The molecule has 0 amide bonds. The number of rotatable bonds is 15. The molecule has 0 bridgehead atoms. The summed E-state index contributed by atoms with van der Waals surface area (Å²) < 4.78 is 50.9. The Labute approximate surface area is 537 Å². The standard InChI is InChI=1S/3C12H20O4.2C11H18O4.10CH4/c1-6-11(2,3)10(14)16-8-9(13)15-7-12(8,4)5;1-6-11(2,3)10(14)15-8-7-12(4,5)16-9(8)13;1-5-11(2,3)10(14)16-12(4)6-7-15-9(13)8-12;1-5-10(2,3)8(12)15-11(4)6-7-14-9(11)13;1-5-11(3,4)10(13)15-8-6-7(2)14-9(8)12;;;;;;;;;;/h2*8H,6-7H2,1-5H3;5-8H2,1-4H3;5-7H2,1-4H3;7-8H,5-6H2,1-4H3;10*1H4. The van der Waals surface area contributed by atoms with Crippen LogP contribution in [0.15, 0.2) is 0 Å². The molecule has 6 atom stereocenters. The van der Waals surface area contributed by atoms with Crippen molar-refractivity contribution in [2.45, 2.75) is 332 Å². The topological polar surface area (TPSA) is 263 Å². The van der Waals surface area contributed by atoms with Crippen LogP contribution in [0, 0.1) is 32.5 Å². The predicted octanol–water partition coefficient (Wildman–Crippen LogP) is 15.7. The van der Waals surface area contributed by atoms with Gasteiger partial charge in [0.25, 0.3) is 0 Å². The molecular weight excluding hydrogens is 1140 g/mol. The smallest absolute Gasteiger partial charge is 0.350 e. The fourth-order valence-corrected chi connectivity index (χ4v) is 6.62. The molecule has 5 fully saturated rings. The van der Waals surface area contributed by atoms with Gasteiger partial charge in [-0.25, -0.2) is 19.2 Å². The van der Waals surface area contributed by atoms with E-state index in [2.05, 4.69) is 0 Å². The molecule has 0 saturated carbocycles. The minimum absolute atomic E-state index is 0. The molecule has 88 heavy (non-hydrogen) atoms. The van der Waals surface area contributed by atoms with E-state index in [1.165, 1.54) is 0 Å². The summed E-state index contributed by atoms with van der Waals surface area (Å²) in [4.78, 5) is 116. The number of carbonyl (C=O) groups excluding carboxylic acids is 10. The molecule has 0 aromatic rings. The van der Waals surface area contributed by atoms with Crippen LogP contribution in [0.3, 0.4) is 0 Å². The molecule has 0 spiro atoms. The summed E-state index contributed by atoms with van der Waals surface area (Å²) in [6.07, 6.45) is 3.11. The molecular formula is C68H136O20. The van der Waals surface area contributed by atoms with Crippen LogP contribution in [0.25, 0.3) is 0 Å². The van der Waals surface area contributed by atoms with E-state index in [1.807, 2.05) is 90.0 Å². The van der Waals surface area contributed by atoms with Crippen LogP contribution in [0.4, 0.5) is 0 Å². The van der Waals surface area contributed by atoms with Gasteiger partial charge in [0.15, 0.2) is 0 Å². The maximum atomic E-state index is 11.9. The molecule has 20 heteroatoms. The van der Waals surface area contributed by atoms with E-state index in [0.29, 0.717) is 77.6 Å². The van der Waals surface area contributed by atoms with Crippen molar-refractivity contribution in [2.24, 2.45) is 32.5 Å². The van der Waals surface area contributed by atoms with Crippen molar-refractivity contribution in [3.05, 3.63) is 0 Å². The number of hydrogen-bond donors (Lipinski definition) is 0. The monoisotopic (exact) mass is 1270 g/mol. The molecule has 6 unspecified atom stereocenters. The van der Waals surface area contributed by atoms with Crippen molar-refractivity contribution < 1.29 is 95.3 Å². The first-order valence-corrected chi connectivity index (χ1v) is 27.4. The lowest BCUT2D eigenvalue weighted by atomic mass is 9.88. The largest absolute Gasteiger partial charge is 0.465 e. The van der Waals surface area contributed by atoms with Gasteiger partial charge >= 0.3 is 59.7 Å². The van der Waals surface area contributed by atoms with E-state index in [9.17, 15) is 47.9 Å². The van der Waals surface area contributed by atoms with Crippen LogP contribution in [-0.2, 0) is 95.3 Å². The zero-order chi connectivity index (χ0) is 60.8. The molecule has 20 nitrogen and oxygen atoms in total. The third kappa shape index (κ3) is 30.9. The van der Waals surface area contributed by atoms with Crippen molar-refractivity contribution in [1.82, 2.24) is 0 Å². The second-order valence-electron chi connectivity index (χ2n) is 25.7. The first-order chi connectivity index (χ1) is 35.4. The van der Waals surface area contributed by atoms with E-state index < -0.39 is 91.5 Å². The van der Waals surface area contributed by atoms with Crippen LogP contribution in [0.2, 0.25) is 0 Å². The second-order valence-corrected chi connectivity index (χ2v) is 25.7. The molecule has 0 N–H and O–H groups in total. The Hall–Kier alpha value is -5.30. The average Bonchev–Trinajstić information content (AvgIpc) is 4.01.